The van der Waals surface area contributed by atoms with E-state index in [0.717, 1.165) is 0 Å². The lowest BCUT2D eigenvalue weighted by Gasteiger charge is -2.02. The van der Waals surface area contributed by atoms with E-state index in [0.29, 0.717) is 0 Å². The lowest BCUT2D eigenvalue weighted by molar-refractivity contribution is -0.856. The van der Waals surface area contributed by atoms with E-state index in [4.69, 9.17) is 0 Å². The summed E-state index contributed by atoms with van der Waals surface area (Å²) in [4.78, 5) is 12.5. The number of carbonyl (C=O) groups is 1. The van der Waals surface area contributed by atoms with E-state index < -0.39 is 16.4 Å². The van der Waals surface area contributed by atoms with E-state index in [1.54, 1.807) is 0 Å². The van der Waals surface area contributed by atoms with Crippen LogP contribution in [-0.4, -0.2) is 72.3 Å². The molecule has 0 spiro atoms. The zero-order valence-corrected chi connectivity index (χ0v) is 17.0. The highest BCUT2D eigenvalue weighted by atomic mass is 32.3. The molecule has 0 aromatic rings. The third-order valence-corrected chi connectivity index (χ3v) is 2.55. The summed E-state index contributed by atoms with van der Waals surface area (Å²) in [7, 11) is 4.13. The number of hydrogen-bond acceptors (Lipinski definition) is 6. The van der Waals surface area contributed by atoms with Crippen LogP contribution in [0.3, 0.4) is 0 Å². The van der Waals surface area contributed by atoms with Crippen molar-refractivity contribution in [1.82, 2.24) is 0 Å². The van der Waals surface area contributed by atoms with Gasteiger partial charge in [-0.2, -0.15) is 0 Å². The summed E-state index contributed by atoms with van der Waals surface area (Å²) in [6.45, 7) is 12.6. The zero-order valence-electron chi connectivity index (χ0n) is 16.2. The van der Waals surface area contributed by atoms with Gasteiger partial charge in [0.15, 0.2) is 0 Å². The molecule has 150 valence electrons. The Morgan fingerprint density at radius 1 is 1.04 bits per heavy atom. The molecule has 0 saturated heterocycles. The molecule has 4 N–H and O–H groups in total. The summed E-state index contributed by atoms with van der Waals surface area (Å²) >= 11 is 0. The predicted molar refractivity (Wildman–Crippen MR) is 91.5 cm³/mol. The molecule has 0 heterocycles. The topological polar surface area (TPSA) is 147 Å². The van der Waals surface area contributed by atoms with Crippen LogP contribution in [0.25, 0.3) is 0 Å². The molecule has 0 bridgehead atoms. The first-order valence-electron chi connectivity index (χ1n) is 7.30. The van der Waals surface area contributed by atoms with Gasteiger partial charge in [-0.1, -0.05) is 6.58 Å². The minimum atomic E-state index is -4.42. The summed E-state index contributed by atoms with van der Waals surface area (Å²) in [5.74, 6) is -1.19. The summed E-state index contributed by atoms with van der Waals surface area (Å²) < 4.78 is 32.0. The van der Waals surface area contributed by atoms with Crippen LogP contribution in [0.4, 0.5) is 0 Å². The van der Waals surface area contributed by atoms with Crippen LogP contribution < -0.4 is 14.9 Å². The second kappa shape index (κ2) is 22.0. The molecule has 0 unspecified atom stereocenters. The molecule has 0 aromatic carbocycles. The summed E-state index contributed by atoms with van der Waals surface area (Å²) in [5, 5.41) is 9.49. The SMILES string of the molecule is C=C(C)C(=O)[O-].CCOS(=O)(=O)[O-].CC[NH+](C)C.CC[NH+](C)C.O. The van der Waals surface area contributed by atoms with Crippen molar-refractivity contribution >= 4 is 16.4 Å². The van der Waals surface area contributed by atoms with Crippen LogP contribution in [0, 0.1) is 0 Å². The standard InChI is InChI=1S/2C4H11N.C4H6O2.C2H6O4S.H2O/c2*1-4-5(2)3;1-3(2)4(5)6;1-2-6-7(3,4)5;/h2*4H2,1-3H3;1H2,2H3,(H,5,6);2H2,1H3,(H,3,4,5);1H2. The minimum Gasteiger partial charge on any atom is -0.726 e. The minimum absolute atomic E-state index is 0. The Morgan fingerprint density at radius 2 is 1.25 bits per heavy atom. The van der Waals surface area contributed by atoms with E-state index in [-0.39, 0.29) is 17.7 Å². The van der Waals surface area contributed by atoms with Crippen LogP contribution in [-0.2, 0) is 19.4 Å². The molecular weight excluding hydrogens is 340 g/mol. The first-order chi connectivity index (χ1) is 10.2. The summed E-state index contributed by atoms with van der Waals surface area (Å²) in [6.07, 6.45) is 0. The van der Waals surface area contributed by atoms with Crippen LogP contribution in [0.5, 0.6) is 0 Å². The highest BCUT2D eigenvalue weighted by Gasteiger charge is 1.85. The zero-order chi connectivity index (χ0) is 19.6. The third kappa shape index (κ3) is 69.5. The Kier molecular flexibility index (Phi) is 31.4. The van der Waals surface area contributed by atoms with Crippen LogP contribution in [0.15, 0.2) is 12.2 Å². The molecule has 0 aliphatic carbocycles. The maximum Gasteiger partial charge on any atom is 0.217 e. The molecule has 0 radical (unpaired) electrons. The molecule has 0 amide bonds. The van der Waals surface area contributed by atoms with Gasteiger partial charge < -0.3 is 29.7 Å². The molecular formula is C14H36N2O7S. The van der Waals surface area contributed by atoms with Crippen molar-refractivity contribution in [1.29, 1.82) is 0 Å². The number of nitrogens with one attached hydrogen (secondary N) is 2. The summed E-state index contributed by atoms with van der Waals surface area (Å²) in [5.41, 5.74) is 0.0648. The lowest BCUT2D eigenvalue weighted by Crippen LogP contribution is -3.05. The van der Waals surface area contributed by atoms with Crippen molar-refractivity contribution in [3.05, 3.63) is 12.2 Å². The maximum absolute atomic E-state index is 9.49. The number of carboxylic acids is 1. The molecule has 24 heavy (non-hydrogen) atoms. The molecule has 0 rings (SSSR count). The molecule has 0 aliphatic heterocycles. The molecule has 10 heteroatoms. The quantitative estimate of drug-likeness (QED) is 0.286. The van der Waals surface area contributed by atoms with Gasteiger partial charge in [0, 0.05) is 0 Å². The van der Waals surface area contributed by atoms with Crippen LogP contribution in [0.1, 0.15) is 27.7 Å². The average Bonchev–Trinajstić information content (AvgIpc) is 2.39. The average molecular weight is 377 g/mol. The number of quaternary nitrogens is 2. The maximum atomic E-state index is 9.49. The van der Waals surface area contributed by atoms with Crippen LogP contribution >= 0.6 is 0 Å². The second-order valence-corrected chi connectivity index (χ2v) is 6.06. The van der Waals surface area contributed by atoms with Gasteiger partial charge in [-0.25, -0.2) is 8.42 Å². The van der Waals surface area contributed by atoms with Crippen molar-refractivity contribution in [3.8, 4) is 0 Å². The van der Waals surface area contributed by atoms with Gasteiger partial charge in [0.2, 0.25) is 10.4 Å². The largest absolute Gasteiger partial charge is 0.726 e. The Morgan fingerprint density at radius 3 is 1.25 bits per heavy atom. The number of carboxylic acid groups (broad SMARTS) is 1. The van der Waals surface area contributed by atoms with E-state index in [1.807, 2.05) is 0 Å². The van der Waals surface area contributed by atoms with Gasteiger partial charge in [-0.3, -0.25) is 4.18 Å². The second-order valence-electron chi connectivity index (χ2n) is 5.00. The molecule has 0 aliphatic rings. The molecule has 9 nitrogen and oxygen atoms in total. The van der Waals surface area contributed by atoms with Gasteiger partial charge in [0.05, 0.1) is 53.9 Å². The fraction of sp³-hybridized carbons (Fsp3) is 0.786. The van der Waals surface area contributed by atoms with Gasteiger partial charge in [0.1, 0.15) is 0 Å². The Labute approximate surface area is 147 Å². The highest BCUT2D eigenvalue weighted by molar-refractivity contribution is 7.80. The van der Waals surface area contributed by atoms with Gasteiger partial charge >= 0.3 is 0 Å². The fourth-order valence-electron chi connectivity index (χ4n) is 0.144. The Balaban J connectivity index is -0.0000000666. The molecule has 0 atom stereocenters. The van der Waals surface area contributed by atoms with Gasteiger partial charge in [0.25, 0.3) is 0 Å². The van der Waals surface area contributed by atoms with Crippen LogP contribution in [0.2, 0.25) is 0 Å². The monoisotopic (exact) mass is 376 g/mol. The number of rotatable bonds is 5. The Bertz CT molecular complexity index is 363. The van der Waals surface area contributed by atoms with Gasteiger partial charge in [-0.05, 0) is 33.3 Å². The van der Waals surface area contributed by atoms with Crippen molar-refractivity contribution in [2.24, 2.45) is 0 Å². The number of carbonyl (C=O) groups excluding carboxylic acids is 1. The molecule has 0 aromatic heterocycles. The Hall–Kier alpha value is -1.04. The number of hydrogen-bond donors (Lipinski definition) is 2. The van der Waals surface area contributed by atoms with Crippen molar-refractivity contribution in [3.63, 3.8) is 0 Å². The molecule has 0 saturated carbocycles. The third-order valence-electron chi connectivity index (χ3n) is 2.02. The lowest BCUT2D eigenvalue weighted by atomic mass is 10.4. The first-order valence-corrected chi connectivity index (χ1v) is 8.63. The van der Waals surface area contributed by atoms with Crippen molar-refractivity contribution < 1.29 is 42.3 Å². The first kappa shape index (κ1) is 34.3. The number of aliphatic carboxylic acids is 1. The van der Waals surface area contributed by atoms with E-state index in [1.165, 1.54) is 36.7 Å². The van der Waals surface area contributed by atoms with E-state index in [2.05, 4.69) is 52.8 Å². The van der Waals surface area contributed by atoms with E-state index in [9.17, 15) is 22.9 Å². The fourth-order valence-corrected chi connectivity index (χ4v) is 0.433. The molecule has 0 fully saturated rings. The normalized spacial score (nSPS) is 9.29. The van der Waals surface area contributed by atoms with Crippen molar-refractivity contribution in [2.45, 2.75) is 27.7 Å². The smallest absolute Gasteiger partial charge is 0.217 e. The highest BCUT2D eigenvalue weighted by Crippen LogP contribution is 1.80. The van der Waals surface area contributed by atoms with Gasteiger partial charge in [-0.15, -0.1) is 0 Å². The predicted octanol–water partition coefficient (Wildman–Crippen LogP) is -3.73. The van der Waals surface area contributed by atoms with E-state index >= 15 is 0 Å². The summed E-state index contributed by atoms with van der Waals surface area (Å²) in [6, 6.07) is 0. The van der Waals surface area contributed by atoms with Crippen molar-refractivity contribution in [2.75, 3.05) is 47.9 Å².